The Balaban J connectivity index is 3.22. The molecule has 0 aliphatic rings. The van der Waals surface area contributed by atoms with Crippen molar-refractivity contribution in [1.29, 1.82) is 0 Å². The van der Waals surface area contributed by atoms with Crippen LogP contribution in [-0.2, 0) is 0 Å². The third kappa shape index (κ3) is 1.49. The summed E-state index contributed by atoms with van der Waals surface area (Å²) in [5.74, 6) is 0.542. The van der Waals surface area contributed by atoms with Crippen molar-refractivity contribution in [3.8, 4) is 0 Å². The molecule has 1 rings (SSSR count). The zero-order valence-corrected chi connectivity index (χ0v) is 6.41. The minimum absolute atomic E-state index is 0.542. The Morgan fingerprint density at radius 1 is 1.45 bits per heavy atom. The number of hydrogen-bond donors (Lipinski definition) is 0. The van der Waals surface area contributed by atoms with Gasteiger partial charge in [0.05, 0.1) is 0 Å². The Morgan fingerprint density at radius 3 is 2.55 bits per heavy atom. The molecule has 1 aromatic rings. The average Bonchev–Trinajstić information content (AvgIpc) is 2.04. The average molecular weight is 147 g/mol. The van der Waals surface area contributed by atoms with E-state index in [1.54, 1.807) is 12.4 Å². The van der Waals surface area contributed by atoms with Gasteiger partial charge in [0.1, 0.15) is 5.69 Å². The molecule has 3 heteroatoms. The molecule has 0 aliphatic carbocycles. The SMILES string of the molecule is C=Nc1nccnc1C(=C)C. The fraction of sp³-hybridized carbons (Fsp3) is 0.125. The van der Waals surface area contributed by atoms with Gasteiger partial charge >= 0.3 is 0 Å². The molecule has 0 aromatic carbocycles. The maximum absolute atomic E-state index is 4.05. The van der Waals surface area contributed by atoms with Gasteiger partial charge in [-0.2, -0.15) is 0 Å². The largest absolute Gasteiger partial charge is 0.251 e. The van der Waals surface area contributed by atoms with Gasteiger partial charge in [0.15, 0.2) is 5.82 Å². The lowest BCUT2D eigenvalue weighted by molar-refractivity contribution is 1.15. The lowest BCUT2D eigenvalue weighted by Crippen LogP contribution is -1.87. The third-order valence-corrected chi connectivity index (χ3v) is 1.23. The summed E-state index contributed by atoms with van der Waals surface area (Å²) in [5.41, 5.74) is 1.56. The van der Waals surface area contributed by atoms with Crippen LogP contribution in [0.15, 0.2) is 24.0 Å². The molecule has 1 aromatic heterocycles. The number of aromatic nitrogens is 2. The van der Waals surface area contributed by atoms with Crippen LogP contribution in [0.3, 0.4) is 0 Å². The molecule has 0 fully saturated rings. The molecule has 56 valence electrons. The van der Waals surface area contributed by atoms with Crippen LogP contribution >= 0.6 is 0 Å². The monoisotopic (exact) mass is 147 g/mol. The highest BCUT2D eigenvalue weighted by molar-refractivity contribution is 5.66. The standard InChI is InChI=1S/C8H9N3/c1-6(2)7-8(9-3)11-5-4-10-7/h4-5H,1,3H2,2H3. The molecule has 0 radical (unpaired) electrons. The van der Waals surface area contributed by atoms with Gasteiger partial charge in [-0.05, 0) is 19.2 Å². The van der Waals surface area contributed by atoms with E-state index in [9.17, 15) is 0 Å². The Hall–Kier alpha value is -1.51. The van der Waals surface area contributed by atoms with Gasteiger partial charge in [-0.3, -0.25) is 4.98 Å². The maximum atomic E-state index is 4.05. The topological polar surface area (TPSA) is 38.1 Å². The van der Waals surface area contributed by atoms with E-state index in [2.05, 4.69) is 28.3 Å². The van der Waals surface area contributed by atoms with Crippen molar-refractivity contribution in [2.24, 2.45) is 4.99 Å². The Bertz CT molecular complexity index is 291. The molecule has 0 spiro atoms. The first kappa shape index (κ1) is 7.60. The Labute approximate surface area is 65.5 Å². The summed E-state index contributed by atoms with van der Waals surface area (Å²) in [6.07, 6.45) is 3.19. The lowest BCUT2D eigenvalue weighted by Gasteiger charge is -1.99. The number of aliphatic imine (C=N–C) groups is 1. The number of allylic oxidation sites excluding steroid dienone is 1. The van der Waals surface area contributed by atoms with E-state index < -0.39 is 0 Å². The first-order valence-electron chi connectivity index (χ1n) is 3.19. The Kier molecular flexibility index (Phi) is 2.11. The Morgan fingerprint density at radius 2 is 2.09 bits per heavy atom. The second-order valence-electron chi connectivity index (χ2n) is 2.17. The van der Waals surface area contributed by atoms with Crippen molar-refractivity contribution in [1.82, 2.24) is 9.97 Å². The van der Waals surface area contributed by atoms with Crippen LogP contribution in [0.4, 0.5) is 5.82 Å². The van der Waals surface area contributed by atoms with Crippen LogP contribution in [0.2, 0.25) is 0 Å². The molecule has 0 atom stereocenters. The smallest absolute Gasteiger partial charge is 0.177 e. The van der Waals surface area contributed by atoms with E-state index in [4.69, 9.17) is 0 Å². The fourth-order valence-corrected chi connectivity index (χ4v) is 0.747. The number of hydrogen-bond acceptors (Lipinski definition) is 3. The maximum Gasteiger partial charge on any atom is 0.177 e. The summed E-state index contributed by atoms with van der Waals surface area (Å²) in [4.78, 5) is 11.7. The van der Waals surface area contributed by atoms with E-state index in [1.165, 1.54) is 0 Å². The highest BCUT2D eigenvalue weighted by Crippen LogP contribution is 2.18. The molecule has 0 bridgehead atoms. The minimum atomic E-state index is 0.542. The van der Waals surface area contributed by atoms with Crippen LogP contribution in [0.1, 0.15) is 12.6 Å². The van der Waals surface area contributed by atoms with Crippen LogP contribution in [0.25, 0.3) is 5.57 Å². The molecule has 0 N–H and O–H groups in total. The number of nitrogens with zero attached hydrogens (tertiary/aromatic N) is 3. The van der Waals surface area contributed by atoms with Crippen molar-refractivity contribution >= 4 is 18.1 Å². The molecule has 0 amide bonds. The summed E-state index contributed by atoms with van der Waals surface area (Å²) >= 11 is 0. The van der Waals surface area contributed by atoms with E-state index in [-0.39, 0.29) is 0 Å². The van der Waals surface area contributed by atoms with Gasteiger partial charge in [-0.15, -0.1) is 0 Å². The first-order valence-corrected chi connectivity index (χ1v) is 3.19. The van der Waals surface area contributed by atoms with Gasteiger partial charge in [0.25, 0.3) is 0 Å². The summed E-state index contributed by atoms with van der Waals surface area (Å²) in [6, 6.07) is 0. The normalized spacial score (nSPS) is 9.18. The van der Waals surface area contributed by atoms with Crippen molar-refractivity contribution in [3.05, 3.63) is 24.7 Å². The highest BCUT2D eigenvalue weighted by atomic mass is 14.9. The molecule has 1 heterocycles. The van der Waals surface area contributed by atoms with E-state index in [0.29, 0.717) is 11.5 Å². The second kappa shape index (κ2) is 3.05. The highest BCUT2D eigenvalue weighted by Gasteiger charge is 2.01. The fourth-order valence-electron chi connectivity index (χ4n) is 0.747. The molecule has 0 aliphatic heterocycles. The van der Waals surface area contributed by atoms with Crippen molar-refractivity contribution < 1.29 is 0 Å². The molecular weight excluding hydrogens is 138 g/mol. The van der Waals surface area contributed by atoms with Gasteiger partial charge in [0, 0.05) is 12.4 Å². The van der Waals surface area contributed by atoms with Gasteiger partial charge < -0.3 is 0 Å². The molecule has 0 unspecified atom stereocenters. The van der Waals surface area contributed by atoms with Crippen LogP contribution in [0, 0.1) is 0 Å². The van der Waals surface area contributed by atoms with Crippen molar-refractivity contribution in [3.63, 3.8) is 0 Å². The predicted octanol–water partition coefficient (Wildman–Crippen LogP) is 1.84. The third-order valence-electron chi connectivity index (χ3n) is 1.23. The van der Waals surface area contributed by atoms with Crippen LogP contribution < -0.4 is 0 Å². The van der Waals surface area contributed by atoms with E-state index in [0.717, 1.165) is 5.57 Å². The summed E-state index contributed by atoms with van der Waals surface area (Å²) in [7, 11) is 0. The van der Waals surface area contributed by atoms with Crippen molar-refractivity contribution in [2.45, 2.75) is 6.92 Å². The zero-order chi connectivity index (χ0) is 8.27. The van der Waals surface area contributed by atoms with Crippen molar-refractivity contribution in [2.75, 3.05) is 0 Å². The van der Waals surface area contributed by atoms with Crippen LogP contribution in [-0.4, -0.2) is 16.7 Å². The van der Waals surface area contributed by atoms with E-state index >= 15 is 0 Å². The lowest BCUT2D eigenvalue weighted by atomic mass is 10.2. The predicted molar refractivity (Wildman–Crippen MR) is 45.9 cm³/mol. The van der Waals surface area contributed by atoms with Gasteiger partial charge in [-0.1, -0.05) is 6.58 Å². The first-order chi connectivity index (χ1) is 5.25. The summed E-state index contributed by atoms with van der Waals surface area (Å²) < 4.78 is 0. The van der Waals surface area contributed by atoms with Gasteiger partial charge in [0.2, 0.25) is 0 Å². The quantitative estimate of drug-likeness (QED) is 0.598. The molecule has 3 nitrogen and oxygen atoms in total. The van der Waals surface area contributed by atoms with Gasteiger partial charge in [-0.25, -0.2) is 9.98 Å². The molecular formula is C8H9N3. The molecule has 0 saturated carbocycles. The molecule has 11 heavy (non-hydrogen) atoms. The van der Waals surface area contributed by atoms with Crippen LogP contribution in [0.5, 0.6) is 0 Å². The zero-order valence-electron chi connectivity index (χ0n) is 6.41. The molecule has 0 saturated heterocycles. The number of rotatable bonds is 2. The van der Waals surface area contributed by atoms with E-state index in [1.807, 2.05) is 6.92 Å². The second-order valence-corrected chi connectivity index (χ2v) is 2.17. The summed E-state index contributed by atoms with van der Waals surface area (Å²) in [6.45, 7) is 8.98. The minimum Gasteiger partial charge on any atom is -0.251 e. The summed E-state index contributed by atoms with van der Waals surface area (Å²) in [5, 5.41) is 0.